The number of hydrogen-bond donors (Lipinski definition) is 1. The molecule has 1 N–H and O–H groups in total. The van der Waals surface area contributed by atoms with E-state index in [0.29, 0.717) is 4.90 Å². The van der Waals surface area contributed by atoms with E-state index >= 15 is 0 Å². The highest BCUT2D eigenvalue weighted by molar-refractivity contribution is 7.90. The van der Waals surface area contributed by atoms with Crippen LogP contribution in [0.4, 0.5) is 5.69 Å². The Hall–Kier alpha value is -3.44. The number of aromatic amines is 1. The van der Waals surface area contributed by atoms with E-state index in [-0.39, 0.29) is 0 Å². The molecule has 0 spiro atoms. The summed E-state index contributed by atoms with van der Waals surface area (Å²) in [7, 11) is -3.25. The number of sulfone groups is 1. The van der Waals surface area contributed by atoms with Crippen LogP contribution in [-0.2, 0) is 9.84 Å². The third-order valence-corrected chi connectivity index (χ3v) is 6.35. The summed E-state index contributed by atoms with van der Waals surface area (Å²) in [6.45, 7) is 0. The van der Waals surface area contributed by atoms with Crippen LogP contribution >= 0.6 is 0 Å². The fourth-order valence-electron chi connectivity index (χ4n) is 3.82. The van der Waals surface area contributed by atoms with Gasteiger partial charge in [0.1, 0.15) is 0 Å². The van der Waals surface area contributed by atoms with Crippen LogP contribution < -0.4 is 0 Å². The van der Waals surface area contributed by atoms with Crippen LogP contribution in [0.5, 0.6) is 0 Å². The molecule has 0 fully saturated rings. The number of aromatic nitrogens is 1. The molecule has 1 aliphatic heterocycles. The molecule has 0 atom stereocenters. The second kappa shape index (κ2) is 6.57. The molecule has 0 saturated carbocycles. The third-order valence-electron chi connectivity index (χ3n) is 5.23. The maximum absolute atomic E-state index is 11.9. The molecular formula is C24H18N2O2S. The second-order valence-corrected chi connectivity index (χ2v) is 9.12. The van der Waals surface area contributed by atoms with Crippen molar-refractivity contribution in [3.05, 3.63) is 95.7 Å². The predicted molar refractivity (Wildman–Crippen MR) is 118 cm³/mol. The van der Waals surface area contributed by atoms with Crippen LogP contribution in [0.2, 0.25) is 0 Å². The molecule has 1 aliphatic rings. The highest BCUT2D eigenvalue weighted by atomic mass is 32.2. The minimum absolute atomic E-state index is 0.310. The normalized spacial score (nSPS) is 14.9. The Morgan fingerprint density at radius 1 is 0.897 bits per heavy atom. The Morgan fingerprint density at radius 2 is 1.62 bits per heavy atom. The van der Waals surface area contributed by atoms with Crippen molar-refractivity contribution >= 4 is 43.8 Å². The van der Waals surface area contributed by atoms with E-state index in [4.69, 9.17) is 0 Å². The van der Waals surface area contributed by atoms with E-state index in [1.165, 1.54) is 6.26 Å². The Bertz CT molecular complexity index is 1410. The summed E-state index contributed by atoms with van der Waals surface area (Å²) in [6, 6.07) is 23.3. The maximum Gasteiger partial charge on any atom is 0.175 e. The first-order chi connectivity index (χ1) is 14.0. The Morgan fingerprint density at radius 3 is 2.41 bits per heavy atom. The molecule has 4 aromatic rings. The number of allylic oxidation sites excluding steroid dienone is 1. The first kappa shape index (κ1) is 17.6. The van der Waals surface area contributed by atoms with Gasteiger partial charge in [-0.15, -0.1) is 0 Å². The summed E-state index contributed by atoms with van der Waals surface area (Å²) in [4.78, 5) is 8.24. The summed E-state index contributed by atoms with van der Waals surface area (Å²) in [5.74, 6) is 0. The van der Waals surface area contributed by atoms with Crippen LogP contribution in [0.15, 0.2) is 88.9 Å². The molecular weight excluding hydrogens is 380 g/mol. The summed E-state index contributed by atoms with van der Waals surface area (Å²) in [5.41, 5.74) is 7.11. The lowest BCUT2D eigenvalue weighted by molar-refractivity contribution is 0.602. The molecule has 0 radical (unpaired) electrons. The van der Waals surface area contributed by atoms with Crippen molar-refractivity contribution in [1.82, 2.24) is 4.98 Å². The van der Waals surface area contributed by atoms with Gasteiger partial charge in [0.2, 0.25) is 0 Å². The zero-order valence-electron chi connectivity index (χ0n) is 15.8. The second-order valence-electron chi connectivity index (χ2n) is 7.11. The monoisotopic (exact) mass is 398 g/mol. The molecule has 29 heavy (non-hydrogen) atoms. The molecule has 142 valence electrons. The van der Waals surface area contributed by atoms with Gasteiger partial charge in [0, 0.05) is 51.8 Å². The molecule has 0 unspecified atom stereocenters. The molecule has 2 heterocycles. The van der Waals surface area contributed by atoms with Gasteiger partial charge in [0.15, 0.2) is 9.84 Å². The van der Waals surface area contributed by atoms with E-state index in [0.717, 1.165) is 44.4 Å². The Kier molecular flexibility index (Phi) is 4.00. The zero-order chi connectivity index (χ0) is 20.0. The number of aliphatic imine (C=N–C) groups is 1. The summed E-state index contributed by atoms with van der Waals surface area (Å²) in [5, 5.41) is 1.11. The molecule has 0 saturated heterocycles. The van der Waals surface area contributed by atoms with Gasteiger partial charge >= 0.3 is 0 Å². The summed E-state index contributed by atoms with van der Waals surface area (Å²) >= 11 is 0. The standard InChI is InChI=1S/C24H18N2O2S/c1-29(27,28)17-12-10-16(11-13-17)24(20-14-25-22-8-4-2-6-18(20)22)21-15-26-23-9-5-3-7-19(21)23/h2-15,25H,1H3/b24-21+. The highest BCUT2D eigenvalue weighted by Gasteiger charge is 2.21. The highest BCUT2D eigenvalue weighted by Crippen LogP contribution is 2.41. The van der Waals surface area contributed by atoms with E-state index < -0.39 is 9.84 Å². The van der Waals surface area contributed by atoms with Crippen LogP contribution in [0.3, 0.4) is 0 Å². The number of rotatable bonds is 3. The van der Waals surface area contributed by atoms with E-state index in [1.807, 2.05) is 60.9 Å². The fourth-order valence-corrected chi connectivity index (χ4v) is 4.45. The smallest absolute Gasteiger partial charge is 0.175 e. The molecule has 0 bridgehead atoms. The number of para-hydroxylation sites is 2. The molecule has 3 aromatic carbocycles. The SMILES string of the molecule is CS(=O)(=O)c1ccc(/C(=C2/C=Nc3ccccc32)c2c[nH]c3ccccc23)cc1. The number of fused-ring (bicyclic) bond motifs is 2. The molecule has 0 amide bonds. The lowest BCUT2D eigenvalue weighted by Gasteiger charge is -2.12. The van der Waals surface area contributed by atoms with Gasteiger partial charge in [-0.3, -0.25) is 4.99 Å². The Labute approximate surface area is 169 Å². The van der Waals surface area contributed by atoms with Crippen molar-refractivity contribution in [2.24, 2.45) is 4.99 Å². The van der Waals surface area contributed by atoms with Crippen molar-refractivity contribution in [1.29, 1.82) is 0 Å². The van der Waals surface area contributed by atoms with Gasteiger partial charge in [-0.25, -0.2) is 8.42 Å². The lowest BCUT2D eigenvalue weighted by atomic mass is 9.90. The van der Waals surface area contributed by atoms with Gasteiger partial charge < -0.3 is 4.98 Å². The first-order valence-electron chi connectivity index (χ1n) is 9.27. The maximum atomic E-state index is 11.9. The fraction of sp³-hybridized carbons (Fsp3) is 0.0417. The van der Waals surface area contributed by atoms with Gasteiger partial charge in [-0.05, 0) is 29.8 Å². The average molecular weight is 398 g/mol. The van der Waals surface area contributed by atoms with Crippen LogP contribution in [0, 0.1) is 0 Å². The lowest BCUT2D eigenvalue weighted by Crippen LogP contribution is -1.98. The van der Waals surface area contributed by atoms with Crippen LogP contribution in [-0.4, -0.2) is 25.9 Å². The van der Waals surface area contributed by atoms with Crippen molar-refractivity contribution < 1.29 is 8.42 Å². The molecule has 1 aromatic heterocycles. The average Bonchev–Trinajstić information content (AvgIpc) is 3.34. The molecule has 5 heteroatoms. The van der Waals surface area contributed by atoms with Gasteiger partial charge in [0.05, 0.1) is 10.6 Å². The predicted octanol–water partition coefficient (Wildman–Crippen LogP) is 5.25. The quantitative estimate of drug-likeness (QED) is 0.512. The van der Waals surface area contributed by atoms with Crippen LogP contribution in [0.25, 0.3) is 22.0 Å². The first-order valence-corrected chi connectivity index (χ1v) is 11.2. The minimum Gasteiger partial charge on any atom is -0.361 e. The summed E-state index contributed by atoms with van der Waals surface area (Å²) < 4.78 is 23.8. The number of H-pyrrole nitrogens is 1. The van der Waals surface area contributed by atoms with E-state index in [2.05, 4.69) is 22.1 Å². The van der Waals surface area contributed by atoms with Gasteiger partial charge in [0.25, 0.3) is 0 Å². The zero-order valence-corrected chi connectivity index (χ0v) is 16.6. The number of nitrogens with one attached hydrogen (secondary N) is 1. The van der Waals surface area contributed by atoms with Gasteiger partial charge in [-0.1, -0.05) is 48.5 Å². The minimum atomic E-state index is -3.25. The molecule has 4 nitrogen and oxygen atoms in total. The molecule has 5 rings (SSSR count). The Balaban J connectivity index is 1.80. The molecule has 0 aliphatic carbocycles. The van der Waals surface area contributed by atoms with E-state index in [9.17, 15) is 8.42 Å². The van der Waals surface area contributed by atoms with E-state index in [1.54, 1.807) is 12.1 Å². The van der Waals surface area contributed by atoms with Crippen LogP contribution in [0.1, 0.15) is 16.7 Å². The topological polar surface area (TPSA) is 62.3 Å². The summed E-state index contributed by atoms with van der Waals surface area (Å²) in [6.07, 6.45) is 5.12. The number of hydrogen-bond acceptors (Lipinski definition) is 3. The van der Waals surface area contributed by atoms with Crippen molar-refractivity contribution in [3.8, 4) is 0 Å². The largest absolute Gasteiger partial charge is 0.361 e. The van der Waals surface area contributed by atoms with Crippen molar-refractivity contribution in [2.45, 2.75) is 4.90 Å². The third kappa shape index (κ3) is 3.00. The number of benzene rings is 3. The van der Waals surface area contributed by atoms with Crippen molar-refractivity contribution in [2.75, 3.05) is 6.26 Å². The van der Waals surface area contributed by atoms with Crippen molar-refractivity contribution in [3.63, 3.8) is 0 Å². The van der Waals surface area contributed by atoms with Gasteiger partial charge in [-0.2, -0.15) is 0 Å². The number of nitrogens with zero attached hydrogens (tertiary/aromatic N) is 1.